The van der Waals surface area contributed by atoms with Gasteiger partial charge >= 0.3 is 0 Å². The molecule has 1 aromatic carbocycles. The fourth-order valence-corrected chi connectivity index (χ4v) is 2.26. The molecular formula is C12H12N4O3S. The highest BCUT2D eigenvalue weighted by Gasteiger charge is 2.16. The minimum atomic E-state index is 0.218. The third-order valence-corrected chi connectivity index (χ3v) is 3.38. The van der Waals surface area contributed by atoms with Crippen molar-refractivity contribution in [2.45, 2.75) is 0 Å². The Labute approximate surface area is 119 Å². The van der Waals surface area contributed by atoms with Gasteiger partial charge in [-0.1, -0.05) is 0 Å². The van der Waals surface area contributed by atoms with Gasteiger partial charge in [-0.15, -0.1) is 11.3 Å². The summed E-state index contributed by atoms with van der Waals surface area (Å²) in [4.78, 5) is 4.04. The van der Waals surface area contributed by atoms with Gasteiger partial charge in [0.1, 0.15) is 11.6 Å². The van der Waals surface area contributed by atoms with Crippen LogP contribution in [-0.2, 0) is 0 Å². The Morgan fingerprint density at radius 3 is 2.95 bits per heavy atom. The fourth-order valence-electron chi connectivity index (χ4n) is 1.71. The number of aromatic nitrogens is 1. The van der Waals surface area contributed by atoms with Crippen molar-refractivity contribution in [3.05, 3.63) is 23.1 Å². The molecule has 0 unspecified atom stereocenters. The number of fused-ring (bicyclic) bond motifs is 1. The van der Waals surface area contributed by atoms with Gasteiger partial charge < -0.3 is 19.9 Å². The first kappa shape index (κ1) is 12.5. The minimum absolute atomic E-state index is 0.218. The standard InChI is InChI=1S/C12H12N4O3S/c1-17-8-3-10-9(18-6-19-10)2-7(8)4-14-16-12-15-11(13)5-20-12/h2-5H,6,13H2,1H3,(H,15,16). The van der Waals surface area contributed by atoms with Crippen LogP contribution >= 0.6 is 11.3 Å². The van der Waals surface area contributed by atoms with E-state index in [0.717, 1.165) is 5.56 Å². The van der Waals surface area contributed by atoms with Crippen molar-refractivity contribution in [3.63, 3.8) is 0 Å². The maximum absolute atomic E-state index is 5.53. The Morgan fingerprint density at radius 2 is 2.25 bits per heavy atom. The van der Waals surface area contributed by atoms with Gasteiger partial charge in [-0.2, -0.15) is 5.10 Å². The normalized spacial score (nSPS) is 12.8. The number of benzene rings is 1. The third kappa shape index (κ3) is 2.45. The highest BCUT2D eigenvalue weighted by Crippen LogP contribution is 2.37. The number of nitrogens with two attached hydrogens (primary N) is 1. The zero-order chi connectivity index (χ0) is 13.9. The molecule has 20 heavy (non-hydrogen) atoms. The van der Waals surface area contributed by atoms with Gasteiger partial charge in [-0.3, -0.25) is 5.43 Å². The summed E-state index contributed by atoms with van der Waals surface area (Å²) in [5, 5.41) is 6.46. The van der Waals surface area contributed by atoms with Crippen molar-refractivity contribution in [1.29, 1.82) is 0 Å². The Bertz CT molecular complexity index is 656. The van der Waals surface area contributed by atoms with Crippen LogP contribution in [-0.4, -0.2) is 25.1 Å². The number of ether oxygens (including phenoxy) is 3. The third-order valence-electron chi connectivity index (χ3n) is 2.61. The molecule has 0 fully saturated rings. The molecule has 1 aromatic heterocycles. The monoisotopic (exact) mass is 292 g/mol. The van der Waals surface area contributed by atoms with Crippen LogP contribution in [0.2, 0.25) is 0 Å². The van der Waals surface area contributed by atoms with E-state index in [-0.39, 0.29) is 6.79 Å². The Balaban J connectivity index is 1.79. The van der Waals surface area contributed by atoms with E-state index in [1.54, 1.807) is 24.8 Å². The first-order chi connectivity index (χ1) is 9.76. The number of hydrogen-bond acceptors (Lipinski definition) is 8. The van der Waals surface area contributed by atoms with Crippen molar-refractivity contribution in [2.24, 2.45) is 5.10 Å². The maximum Gasteiger partial charge on any atom is 0.231 e. The van der Waals surface area contributed by atoms with Gasteiger partial charge in [0.2, 0.25) is 11.9 Å². The molecule has 0 spiro atoms. The number of anilines is 2. The molecule has 0 bridgehead atoms. The fraction of sp³-hybridized carbons (Fsp3) is 0.167. The lowest BCUT2D eigenvalue weighted by Gasteiger charge is -2.05. The lowest BCUT2D eigenvalue weighted by atomic mass is 10.2. The molecule has 8 heteroatoms. The molecule has 1 aliphatic heterocycles. The number of nitrogen functional groups attached to an aromatic ring is 1. The summed E-state index contributed by atoms with van der Waals surface area (Å²) in [6.07, 6.45) is 1.62. The topological polar surface area (TPSA) is 91.0 Å². The van der Waals surface area contributed by atoms with E-state index in [4.69, 9.17) is 19.9 Å². The van der Waals surface area contributed by atoms with E-state index < -0.39 is 0 Å². The van der Waals surface area contributed by atoms with Crippen LogP contribution in [0.4, 0.5) is 10.9 Å². The van der Waals surface area contributed by atoms with Crippen LogP contribution < -0.4 is 25.4 Å². The number of nitrogens with zero attached hydrogens (tertiary/aromatic N) is 2. The molecule has 0 saturated carbocycles. The van der Waals surface area contributed by atoms with Crippen LogP contribution in [0.25, 0.3) is 0 Å². The summed E-state index contributed by atoms with van der Waals surface area (Å²) in [5.41, 5.74) is 9.10. The van der Waals surface area contributed by atoms with Crippen LogP contribution in [0, 0.1) is 0 Å². The molecular weight excluding hydrogens is 280 g/mol. The summed E-state index contributed by atoms with van der Waals surface area (Å²) in [5.74, 6) is 2.46. The number of thiazole rings is 1. The summed E-state index contributed by atoms with van der Waals surface area (Å²) >= 11 is 1.38. The summed E-state index contributed by atoms with van der Waals surface area (Å²) in [6.45, 7) is 0.218. The first-order valence-corrected chi connectivity index (χ1v) is 6.62. The summed E-state index contributed by atoms with van der Waals surface area (Å²) in [6, 6.07) is 3.58. The van der Waals surface area contributed by atoms with Crippen molar-refractivity contribution in [2.75, 3.05) is 25.1 Å². The van der Waals surface area contributed by atoms with Crippen molar-refractivity contribution in [1.82, 2.24) is 4.98 Å². The van der Waals surface area contributed by atoms with Crippen LogP contribution in [0.5, 0.6) is 17.2 Å². The van der Waals surface area contributed by atoms with Crippen molar-refractivity contribution >= 4 is 28.5 Å². The van der Waals surface area contributed by atoms with E-state index in [1.165, 1.54) is 11.3 Å². The maximum atomic E-state index is 5.53. The molecule has 104 valence electrons. The van der Waals surface area contributed by atoms with E-state index in [9.17, 15) is 0 Å². The van der Waals surface area contributed by atoms with Crippen LogP contribution in [0.15, 0.2) is 22.6 Å². The molecule has 2 heterocycles. The number of rotatable bonds is 4. The van der Waals surface area contributed by atoms with Gasteiger partial charge in [0, 0.05) is 17.0 Å². The molecule has 3 rings (SSSR count). The predicted octanol–water partition coefficient (Wildman–Crippen LogP) is 1.91. The zero-order valence-corrected chi connectivity index (χ0v) is 11.4. The summed E-state index contributed by atoms with van der Waals surface area (Å²) in [7, 11) is 1.59. The molecule has 0 saturated heterocycles. The zero-order valence-electron chi connectivity index (χ0n) is 10.6. The van der Waals surface area contributed by atoms with Gasteiger partial charge in [0.25, 0.3) is 0 Å². The lowest BCUT2D eigenvalue weighted by Crippen LogP contribution is -1.94. The molecule has 0 atom stereocenters. The highest BCUT2D eigenvalue weighted by atomic mass is 32.1. The number of hydrogen-bond donors (Lipinski definition) is 2. The number of hydrazone groups is 1. The molecule has 0 amide bonds. The van der Waals surface area contributed by atoms with Gasteiger partial charge in [0.05, 0.1) is 13.3 Å². The van der Waals surface area contributed by atoms with Gasteiger partial charge in [-0.05, 0) is 6.07 Å². The smallest absolute Gasteiger partial charge is 0.231 e. The molecule has 2 aromatic rings. The second-order valence-electron chi connectivity index (χ2n) is 3.89. The summed E-state index contributed by atoms with van der Waals surface area (Å²) < 4.78 is 15.9. The molecule has 3 N–H and O–H groups in total. The Kier molecular flexibility index (Phi) is 3.30. The predicted molar refractivity (Wildman–Crippen MR) is 76.9 cm³/mol. The number of methoxy groups -OCH3 is 1. The van der Waals surface area contributed by atoms with E-state index in [2.05, 4.69) is 15.5 Å². The Hall–Kier alpha value is -2.48. The minimum Gasteiger partial charge on any atom is -0.496 e. The van der Waals surface area contributed by atoms with Gasteiger partial charge in [-0.25, -0.2) is 4.98 Å². The average molecular weight is 292 g/mol. The lowest BCUT2D eigenvalue weighted by molar-refractivity contribution is 0.174. The largest absolute Gasteiger partial charge is 0.496 e. The van der Waals surface area contributed by atoms with E-state index >= 15 is 0 Å². The van der Waals surface area contributed by atoms with E-state index in [1.807, 2.05) is 6.07 Å². The molecule has 0 aliphatic carbocycles. The first-order valence-electron chi connectivity index (χ1n) is 5.74. The SMILES string of the molecule is COc1cc2c(cc1C=NNc1nc(N)cs1)OCO2. The molecule has 7 nitrogen and oxygen atoms in total. The molecule has 0 radical (unpaired) electrons. The van der Waals surface area contributed by atoms with Gasteiger partial charge in [0.15, 0.2) is 11.5 Å². The van der Waals surface area contributed by atoms with Crippen LogP contribution in [0.3, 0.4) is 0 Å². The number of nitrogens with one attached hydrogen (secondary N) is 1. The van der Waals surface area contributed by atoms with Crippen LogP contribution in [0.1, 0.15) is 5.56 Å². The second-order valence-corrected chi connectivity index (χ2v) is 4.75. The quantitative estimate of drug-likeness (QED) is 0.660. The highest BCUT2D eigenvalue weighted by molar-refractivity contribution is 7.14. The van der Waals surface area contributed by atoms with Crippen molar-refractivity contribution in [3.8, 4) is 17.2 Å². The Morgan fingerprint density at radius 1 is 1.45 bits per heavy atom. The van der Waals surface area contributed by atoms with E-state index in [0.29, 0.717) is 28.2 Å². The second kappa shape index (κ2) is 5.25. The average Bonchev–Trinajstić information content (AvgIpc) is 3.06. The van der Waals surface area contributed by atoms with Crippen molar-refractivity contribution < 1.29 is 14.2 Å². The molecule has 1 aliphatic rings.